The SMILES string of the molecule is O=C(NC1CC2CC(C1)CC(C(=O)O)C2)c1cnc(N2CC3(CCOCC3)c3cc(-n4ncc5cccnc54)ccc32)nc1C(F)(F)F. The number of carbonyl (C=O) groups is 2. The van der Waals surface area contributed by atoms with E-state index in [4.69, 9.17) is 4.74 Å². The fourth-order valence-electron chi connectivity index (χ4n) is 8.53. The van der Waals surface area contributed by atoms with Crippen LogP contribution in [-0.2, 0) is 21.1 Å². The number of carboxylic acid groups (broad SMARTS) is 1. The summed E-state index contributed by atoms with van der Waals surface area (Å²) in [5.41, 5.74) is 0.812. The van der Waals surface area contributed by atoms with Gasteiger partial charge in [0.25, 0.3) is 5.91 Å². The Balaban J connectivity index is 1.10. The monoisotopic (exact) mass is 661 g/mol. The van der Waals surface area contributed by atoms with Crippen molar-refractivity contribution >= 4 is 34.5 Å². The van der Waals surface area contributed by atoms with Crippen molar-refractivity contribution in [3.05, 3.63) is 65.7 Å². The summed E-state index contributed by atoms with van der Waals surface area (Å²) in [6.07, 6.45) is 3.85. The number of alkyl halides is 3. The highest BCUT2D eigenvalue weighted by atomic mass is 19.4. The molecule has 48 heavy (non-hydrogen) atoms. The largest absolute Gasteiger partial charge is 0.481 e. The van der Waals surface area contributed by atoms with E-state index in [1.165, 1.54) is 0 Å². The maximum Gasteiger partial charge on any atom is 0.434 e. The van der Waals surface area contributed by atoms with Crippen LogP contribution in [-0.4, -0.2) is 67.5 Å². The van der Waals surface area contributed by atoms with E-state index >= 15 is 0 Å². The number of hydrogen-bond donors (Lipinski definition) is 2. The zero-order valence-electron chi connectivity index (χ0n) is 26.0. The molecule has 0 radical (unpaired) electrons. The van der Waals surface area contributed by atoms with E-state index in [2.05, 4.69) is 25.4 Å². The minimum absolute atomic E-state index is 0.112. The lowest BCUT2D eigenvalue weighted by Crippen LogP contribution is -2.44. The van der Waals surface area contributed by atoms with Crippen LogP contribution in [0.2, 0.25) is 0 Å². The van der Waals surface area contributed by atoms with Gasteiger partial charge in [-0.1, -0.05) is 0 Å². The van der Waals surface area contributed by atoms with E-state index in [1.54, 1.807) is 22.0 Å². The van der Waals surface area contributed by atoms with E-state index in [0.717, 1.165) is 29.3 Å². The Morgan fingerprint density at radius 1 is 1.00 bits per heavy atom. The lowest BCUT2D eigenvalue weighted by Gasteiger charge is -2.41. The molecular weight excluding hydrogens is 627 g/mol. The van der Waals surface area contributed by atoms with Crippen molar-refractivity contribution in [3.8, 4) is 5.69 Å². The zero-order valence-corrected chi connectivity index (χ0v) is 26.0. The molecule has 5 heterocycles. The van der Waals surface area contributed by atoms with Crippen molar-refractivity contribution in [2.45, 2.75) is 62.6 Å². The maximum absolute atomic E-state index is 14.6. The van der Waals surface area contributed by atoms with Crippen molar-refractivity contribution in [2.75, 3.05) is 24.7 Å². The van der Waals surface area contributed by atoms with Crippen molar-refractivity contribution < 1.29 is 32.6 Å². The van der Waals surface area contributed by atoms with Crippen LogP contribution in [0.5, 0.6) is 0 Å². The molecule has 1 amide bonds. The topological polar surface area (TPSA) is 135 Å². The fourth-order valence-corrected chi connectivity index (χ4v) is 8.53. The van der Waals surface area contributed by atoms with Gasteiger partial charge in [-0.2, -0.15) is 18.3 Å². The van der Waals surface area contributed by atoms with Crippen LogP contribution in [0.25, 0.3) is 16.7 Å². The lowest BCUT2D eigenvalue weighted by molar-refractivity contribution is -0.144. The van der Waals surface area contributed by atoms with E-state index in [9.17, 15) is 27.9 Å². The summed E-state index contributed by atoms with van der Waals surface area (Å²) in [6, 6.07) is 9.16. The first-order valence-corrected chi connectivity index (χ1v) is 16.3. The summed E-state index contributed by atoms with van der Waals surface area (Å²) >= 11 is 0. The van der Waals surface area contributed by atoms with E-state index in [-0.39, 0.29) is 23.8 Å². The van der Waals surface area contributed by atoms with Crippen LogP contribution in [0.1, 0.15) is 66.6 Å². The maximum atomic E-state index is 14.6. The van der Waals surface area contributed by atoms with Gasteiger partial charge in [0.1, 0.15) is 0 Å². The van der Waals surface area contributed by atoms with Gasteiger partial charge in [0.05, 0.1) is 23.4 Å². The lowest BCUT2D eigenvalue weighted by atomic mass is 9.66. The van der Waals surface area contributed by atoms with Gasteiger partial charge in [-0.3, -0.25) is 9.59 Å². The Bertz CT molecular complexity index is 1890. The van der Waals surface area contributed by atoms with Crippen LogP contribution in [0.4, 0.5) is 24.8 Å². The predicted octanol–water partition coefficient (Wildman–Crippen LogP) is 5.44. The Morgan fingerprint density at radius 3 is 2.50 bits per heavy atom. The molecule has 1 aromatic carbocycles. The van der Waals surface area contributed by atoms with Crippen LogP contribution >= 0.6 is 0 Å². The smallest absolute Gasteiger partial charge is 0.434 e. The number of halogens is 3. The Kier molecular flexibility index (Phi) is 7.38. The molecule has 2 unspecified atom stereocenters. The number of carboxylic acids is 1. The molecule has 2 bridgehead atoms. The number of benzene rings is 1. The molecule has 2 aliphatic carbocycles. The number of aromatic nitrogens is 5. The van der Waals surface area contributed by atoms with E-state index in [0.29, 0.717) is 69.6 Å². The van der Waals surface area contributed by atoms with Gasteiger partial charge in [0.15, 0.2) is 11.3 Å². The third kappa shape index (κ3) is 5.35. The highest BCUT2D eigenvalue weighted by molar-refractivity contribution is 5.95. The summed E-state index contributed by atoms with van der Waals surface area (Å²) in [5, 5.41) is 17.7. The van der Waals surface area contributed by atoms with E-state index < -0.39 is 40.6 Å². The number of anilines is 2. The number of nitrogens with one attached hydrogen (secondary N) is 1. The first kappa shape index (κ1) is 30.7. The summed E-state index contributed by atoms with van der Waals surface area (Å²) in [4.78, 5) is 39.5. The molecule has 2 aliphatic heterocycles. The van der Waals surface area contributed by atoms with Gasteiger partial charge >= 0.3 is 12.1 Å². The number of ether oxygens (including phenoxy) is 1. The van der Waals surface area contributed by atoms with Gasteiger partial charge in [-0.15, -0.1) is 0 Å². The van der Waals surface area contributed by atoms with Gasteiger partial charge < -0.3 is 20.1 Å². The second kappa shape index (κ2) is 11.5. The quantitative estimate of drug-likeness (QED) is 0.287. The summed E-state index contributed by atoms with van der Waals surface area (Å²) in [6.45, 7) is 1.38. The standard InChI is InChI=1S/C34H34F3N7O4/c35-34(36,37)28-25(30(45)41-23-13-19-10-20(14-23)12-22(11-19)31(46)47)17-39-32(42-28)43-18-33(5-8-48-9-6-33)26-15-24(3-4-27(26)43)44-29-21(16-40-44)2-1-7-38-29/h1-4,7,15-17,19-20,22-23H,5-6,8-14,18H2,(H,41,45)(H,46,47). The van der Waals surface area contributed by atoms with E-state index in [1.807, 2.05) is 30.3 Å². The average Bonchev–Trinajstić information content (AvgIpc) is 3.63. The predicted molar refractivity (Wildman–Crippen MR) is 167 cm³/mol. The highest BCUT2D eigenvalue weighted by Gasteiger charge is 2.47. The van der Waals surface area contributed by atoms with Gasteiger partial charge in [0, 0.05) is 54.7 Å². The number of fused-ring (bicyclic) bond motifs is 5. The fraction of sp³-hybridized carbons (Fsp3) is 0.471. The molecule has 3 aromatic heterocycles. The normalized spacial score (nSPS) is 24.9. The molecule has 4 aliphatic rings. The number of aliphatic carboxylic acids is 1. The second-order valence-corrected chi connectivity index (χ2v) is 13.7. The number of nitrogens with zero attached hydrogens (tertiary/aromatic N) is 6. The summed E-state index contributed by atoms with van der Waals surface area (Å²) < 4.78 is 51.1. The van der Waals surface area contributed by atoms with Gasteiger partial charge in [0.2, 0.25) is 5.95 Å². The molecule has 8 rings (SSSR count). The Hall–Kier alpha value is -4.59. The average molecular weight is 662 g/mol. The van der Waals surface area contributed by atoms with Crippen molar-refractivity contribution in [1.29, 1.82) is 0 Å². The molecule has 250 valence electrons. The summed E-state index contributed by atoms with van der Waals surface area (Å²) in [5.74, 6) is -2.00. The number of carbonyl (C=O) groups excluding carboxylic acids is 1. The van der Waals surface area contributed by atoms with Crippen LogP contribution in [0.3, 0.4) is 0 Å². The molecule has 11 nitrogen and oxygen atoms in total. The molecule has 1 saturated heterocycles. The minimum atomic E-state index is -4.90. The Labute approximate surface area is 273 Å². The molecule has 2 saturated carbocycles. The number of rotatable bonds is 5. The molecule has 1 spiro atoms. The van der Waals surface area contributed by atoms with Crippen molar-refractivity contribution in [2.24, 2.45) is 17.8 Å². The molecule has 3 fully saturated rings. The number of pyridine rings is 1. The van der Waals surface area contributed by atoms with Crippen LogP contribution in [0.15, 0.2) is 48.9 Å². The summed E-state index contributed by atoms with van der Waals surface area (Å²) in [7, 11) is 0. The molecule has 2 N–H and O–H groups in total. The van der Waals surface area contributed by atoms with Crippen molar-refractivity contribution in [1.82, 2.24) is 30.0 Å². The molecule has 4 aromatic rings. The molecular formula is C34H34F3N7O4. The van der Waals surface area contributed by atoms with Gasteiger partial charge in [-0.05, 0) is 92.7 Å². The number of hydrogen-bond acceptors (Lipinski definition) is 8. The Morgan fingerprint density at radius 2 is 1.77 bits per heavy atom. The zero-order chi connectivity index (χ0) is 33.2. The van der Waals surface area contributed by atoms with Crippen LogP contribution in [0, 0.1) is 17.8 Å². The third-order valence-corrected chi connectivity index (χ3v) is 10.7. The van der Waals surface area contributed by atoms with Crippen molar-refractivity contribution in [3.63, 3.8) is 0 Å². The molecule has 14 heteroatoms. The highest BCUT2D eigenvalue weighted by Crippen LogP contribution is 2.50. The molecule has 2 atom stereocenters. The first-order chi connectivity index (χ1) is 23.1. The first-order valence-electron chi connectivity index (χ1n) is 16.3. The minimum Gasteiger partial charge on any atom is -0.481 e. The van der Waals surface area contributed by atoms with Crippen LogP contribution < -0.4 is 10.2 Å². The third-order valence-electron chi connectivity index (χ3n) is 10.7. The number of amides is 1. The second-order valence-electron chi connectivity index (χ2n) is 13.7. The van der Waals surface area contributed by atoms with Gasteiger partial charge in [-0.25, -0.2) is 19.6 Å².